The van der Waals surface area contributed by atoms with Crippen LogP contribution in [0, 0.1) is 5.92 Å². The second kappa shape index (κ2) is 8.33. The maximum Gasteiger partial charge on any atom is 0.317 e. The molecule has 0 aromatic carbocycles. The third-order valence-electron chi connectivity index (χ3n) is 5.10. The number of nitrogens with one attached hydrogen (secondary N) is 1. The van der Waals surface area contributed by atoms with E-state index in [1.807, 2.05) is 24.2 Å². The predicted molar refractivity (Wildman–Crippen MR) is 94.2 cm³/mol. The second-order valence-corrected chi connectivity index (χ2v) is 6.77. The number of carbonyl (C=O) groups excluding carboxylic acids is 1. The molecule has 0 spiro atoms. The largest absolute Gasteiger partial charge is 0.377 e. The molecule has 24 heavy (non-hydrogen) atoms. The van der Waals surface area contributed by atoms with E-state index in [1.165, 1.54) is 18.5 Å². The van der Waals surface area contributed by atoms with Crippen LogP contribution in [0.1, 0.15) is 26.2 Å². The van der Waals surface area contributed by atoms with Gasteiger partial charge in [-0.05, 0) is 44.2 Å². The molecule has 0 radical (unpaired) electrons. The molecular formula is C18H28N4O2. The standard InChI is InChI=1S/C18H28N4O2/c1-15-14-24-13-12-22(15)18(23)20-9-2-16-5-10-21(11-6-16)17-3-7-19-8-4-17/h3-4,7-8,15-16H,2,5-6,9-14H2,1H3,(H,20,23). The van der Waals surface area contributed by atoms with E-state index >= 15 is 0 Å². The van der Waals surface area contributed by atoms with Gasteiger partial charge in [-0.1, -0.05) is 0 Å². The monoisotopic (exact) mass is 332 g/mol. The number of pyridine rings is 1. The van der Waals surface area contributed by atoms with Crippen molar-refractivity contribution in [1.82, 2.24) is 15.2 Å². The summed E-state index contributed by atoms with van der Waals surface area (Å²) >= 11 is 0. The lowest BCUT2D eigenvalue weighted by Gasteiger charge is -2.35. The molecule has 1 aromatic rings. The third-order valence-corrected chi connectivity index (χ3v) is 5.10. The topological polar surface area (TPSA) is 57.7 Å². The summed E-state index contributed by atoms with van der Waals surface area (Å²) in [6.07, 6.45) is 7.14. The van der Waals surface area contributed by atoms with E-state index in [0.29, 0.717) is 25.7 Å². The molecule has 6 heteroatoms. The Morgan fingerprint density at radius 2 is 2.04 bits per heavy atom. The van der Waals surface area contributed by atoms with E-state index in [-0.39, 0.29) is 12.1 Å². The molecule has 1 aromatic heterocycles. The number of aromatic nitrogens is 1. The number of urea groups is 1. The SMILES string of the molecule is CC1COCCN1C(=O)NCCC1CCN(c2ccncc2)CC1. The second-order valence-electron chi connectivity index (χ2n) is 6.77. The number of amides is 2. The fourth-order valence-electron chi connectivity index (χ4n) is 3.55. The number of piperidine rings is 1. The molecule has 0 aliphatic carbocycles. The van der Waals surface area contributed by atoms with E-state index < -0.39 is 0 Å². The van der Waals surface area contributed by atoms with Crippen LogP contribution in [0.3, 0.4) is 0 Å². The predicted octanol–water partition coefficient (Wildman–Crippen LogP) is 2.12. The first kappa shape index (κ1) is 17.0. The fraction of sp³-hybridized carbons (Fsp3) is 0.667. The summed E-state index contributed by atoms with van der Waals surface area (Å²) in [4.78, 5) is 20.6. The minimum absolute atomic E-state index is 0.0556. The number of hydrogen-bond acceptors (Lipinski definition) is 4. The lowest BCUT2D eigenvalue weighted by atomic mass is 9.93. The lowest BCUT2D eigenvalue weighted by molar-refractivity contribution is 0.0190. The molecule has 2 fully saturated rings. The number of anilines is 1. The van der Waals surface area contributed by atoms with Crippen LogP contribution in [-0.4, -0.2) is 61.3 Å². The van der Waals surface area contributed by atoms with Crippen molar-refractivity contribution in [3.8, 4) is 0 Å². The van der Waals surface area contributed by atoms with Gasteiger partial charge in [-0.25, -0.2) is 4.79 Å². The highest BCUT2D eigenvalue weighted by molar-refractivity contribution is 5.74. The summed E-state index contributed by atoms with van der Waals surface area (Å²) < 4.78 is 5.38. The van der Waals surface area contributed by atoms with Gasteiger partial charge < -0.3 is 19.9 Å². The van der Waals surface area contributed by atoms with Gasteiger partial charge in [0.2, 0.25) is 0 Å². The molecule has 2 aliphatic heterocycles. The van der Waals surface area contributed by atoms with Crippen LogP contribution in [-0.2, 0) is 4.74 Å². The Morgan fingerprint density at radius 3 is 2.75 bits per heavy atom. The van der Waals surface area contributed by atoms with Crippen LogP contribution in [0.5, 0.6) is 0 Å². The van der Waals surface area contributed by atoms with Crippen LogP contribution in [0.25, 0.3) is 0 Å². The summed E-state index contributed by atoms with van der Waals surface area (Å²) in [6, 6.07) is 4.37. The Morgan fingerprint density at radius 1 is 1.29 bits per heavy atom. The Hall–Kier alpha value is -1.82. The van der Waals surface area contributed by atoms with E-state index in [9.17, 15) is 4.79 Å². The summed E-state index contributed by atoms with van der Waals surface area (Å²) in [5.74, 6) is 0.700. The summed E-state index contributed by atoms with van der Waals surface area (Å²) in [5, 5.41) is 3.08. The Labute approximate surface area is 144 Å². The molecule has 2 amide bonds. The third kappa shape index (κ3) is 4.38. The van der Waals surface area contributed by atoms with Crippen molar-refractivity contribution in [3.63, 3.8) is 0 Å². The number of ether oxygens (including phenoxy) is 1. The van der Waals surface area contributed by atoms with Gasteiger partial charge in [0, 0.05) is 44.3 Å². The Balaban J connectivity index is 1.35. The minimum atomic E-state index is 0.0556. The molecule has 3 rings (SSSR count). The normalized spacial score (nSPS) is 22.5. The highest BCUT2D eigenvalue weighted by atomic mass is 16.5. The van der Waals surface area contributed by atoms with Crippen molar-refractivity contribution in [2.45, 2.75) is 32.2 Å². The fourth-order valence-corrected chi connectivity index (χ4v) is 3.55. The van der Waals surface area contributed by atoms with Crippen LogP contribution in [0.4, 0.5) is 10.5 Å². The smallest absolute Gasteiger partial charge is 0.317 e. The molecule has 0 saturated carbocycles. The van der Waals surface area contributed by atoms with E-state index in [4.69, 9.17) is 4.74 Å². The Bertz CT molecular complexity index is 517. The zero-order valence-electron chi connectivity index (χ0n) is 14.5. The average molecular weight is 332 g/mol. The number of rotatable bonds is 4. The molecule has 1 atom stereocenters. The van der Waals surface area contributed by atoms with Crippen molar-refractivity contribution in [2.24, 2.45) is 5.92 Å². The van der Waals surface area contributed by atoms with Crippen LogP contribution in [0.15, 0.2) is 24.5 Å². The van der Waals surface area contributed by atoms with Crippen molar-refractivity contribution < 1.29 is 9.53 Å². The van der Waals surface area contributed by atoms with E-state index in [0.717, 1.165) is 26.1 Å². The van der Waals surface area contributed by atoms with Gasteiger partial charge in [0.05, 0.1) is 19.3 Å². The van der Waals surface area contributed by atoms with E-state index in [2.05, 4.69) is 27.3 Å². The number of carbonyl (C=O) groups is 1. The van der Waals surface area contributed by atoms with Crippen LogP contribution >= 0.6 is 0 Å². The minimum Gasteiger partial charge on any atom is -0.377 e. The van der Waals surface area contributed by atoms with Crippen molar-refractivity contribution in [2.75, 3.05) is 44.3 Å². The quantitative estimate of drug-likeness (QED) is 0.917. The molecule has 2 aliphatic rings. The number of morpholine rings is 1. The van der Waals surface area contributed by atoms with Crippen LogP contribution in [0.2, 0.25) is 0 Å². The highest BCUT2D eigenvalue weighted by Gasteiger charge is 2.24. The number of nitrogens with zero attached hydrogens (tertiary/aromatic N) is 3. The maximum absolute atomic E-state index is 12.2. The van der Waals surface area contributed by atoms with Gasteiger partial charge >= 0.3 is 6.03 Å². The zero-order valence-corrected chi connectivity index (χ0v) is 14.5. The maximum atomic E-state index is 12.2. The summed E-state index contributed by atoms with van der Waals surface area (Å²) in [7, 11) is 0. The Kier molecular flexibility index (Phi) is 5.91. The molecule has 132 valence electrons. The van der Waals surface area contributed by atoms with Crippen molar-refractivity contribution in [3.05, 3.63) is 24.5 Å². The van der Waals surface area contributed by atoms with Gasteiger partial charge in [-0.3, -0.25) is 4.98 Å². The first-order chi connectivity index (χ1) is 11.7. The van der Waals surface area contributed by atoms with Gasteiger partial charge in [0.15, 0.2) is 0 Å². The van der Waals surface area contributed by atoms with Gasteiger partial charge in [0.1, 0.15) is 0 Å². The van der Waals surface area contributed by atoms with Gasteiger partial charge in [-0.2, -0.15) is 0 Å². The van der Waals surface area contributed by atoms with E-state index in [1.54, 1.807) is 0 Å². The summed E-state index contributed by atoms with van der Waals surface area (Å²) in [5.41, 5.74) is 1.26. The van der Waals surface area contributed by atoms with Crippen molar-refractivity contribution in [1.29, 1.82) is 0 Å². The first-order valence-corrected chi connectivity index (χ1v) is 9.01. The highest BCUT2D eigenvalue weighted by Crippen LogP contribution is 2.24. The first-order valence-electron chi connectivity index (χ1n) is 9.01. The van der Waals surface area contributed by atoms with Gasteiger partial charge in [0.25, 0.3) is 0 Å². The van der Waals surface area contributed by atoms with Crippen LogP contribution < -0.4 is 10.2 Å². The van der Waals surface area contributed by atoms with Crippen molar-refractivity contribution >= 4 is 11.7 Å². The average Bonchev–Trinajstić information content (AvgIpc) is 2.63. The zero-order chi connectivity index (χ0) is 16.8. The molecule has 1 N–H and O–H groups in total. The molecule has 3 heterocycles. The molecular weight excluding hydrogens is 304 g/mol. The summed E-state index contributed by atoms with van der Waals surface area (Å²) in [6.45, 7) is 6.95. The molecule has 0 bridgehead atoms. The lowest BCUT2D eigenvalue weighted by Crippen LogP contribution is -2.51. The van der Waals surface area contributed by atoms with Gasteiger partial charge in [-0.15, -0.1) is 0 Å². The molecule has 6 nitrogen and oxygen atoms in total. The molecule has 1 unspecified atom stereocenters. The molecule has 2 saturated heterocycles. The number of hydrogen-bond donors (Lipinski definition) is 1.